The predicted octanol–water partition coefficient (Wildman–Crippen LogP) is 3.21. The van der Waals surface area contributed by atoms with Gasteiger partial charge in [-0.25, -0.2) is 0 Å². The summed E-state index contributed by atoms with van der Waals surface area (Å²) in [7, 11) is 0. The average molecular weight is 270 g/mol. The maximum atomic E-state index is 12.4. The summed E-state index contributed by atoms with van der Waals surface area (Å²) in [4.78, 5) is 25.3. The number of hydrogen-bond acceptors (Lipinski definition) is 4. The molecule has 6 nitrogen and oxygen atoms in total. The normalized spacial score (nSPS) is 10.8. The molecule has 1 N–H and O–H groups in total. The Hall–Kier alpha value is -2.89. The van der Waals surface area contributed by atoms with E-state index in [2.05, 4.69) is 4.98 Å². The lowest BCUT2D eigenvalue weighted by Gasteiger charge is -1.99. The molecule has 2 aromatic heterocycles. The fraction of sp³-hybridized carbons (Fsp3) is 0.0714. The van der Waals surface area contributed by atoms with Crippen LogP contribution >= 0.6 is 0 Å². The summed E-state index contributed by atoms with van der Waals surface area (Å²) in [5.41, 5.74) is 2.24. The Bertz CT molecular complexity index is 829. The van der Waals surface area contributed by atoms with E-state index in [1.165, 1.54) is 12.1 Å². The summed E-state index contributed by atoms with van der Waals surface area (Å²) in [6, 6.07) is 8.15. The topological polar surface area (TPSA) is 89.1 Å². The number of nitrogens with zero attached hydrogens (tertiary/aromatic N) is 1. The number of aromatic nitrogens is 1. The molecule has 0 saturated heterocycles. The van der Waals surface area contributed by atoms with E-state index < -0.39 is 10.8 Å². The van der Waals surface area contributed by atoms with Crippen LogP contribution in [-0.2, 0) is 0 Å². The highest BCUT2D eigenvalue weighted by Crippen LogP contribution is 2.26. The zero-order chi connectivity index (χ0) is 14.3. The molecule has 2 heterocycles. The Balaban J connectivity index is 2.10. The number of aryl methyl sites for hydroxylation is 1. The van der Waals surface area contributed by atoms with E-state index in [4.69, 9.17) is 4.42 Å². The molecule has 0 aliphatic rings. The van der Waals surface area contributed by atoms with E-state index in [0.29, 0.717) is 5.56 Å². The van der Waals surface area contributed by atoms with Crippen molar-refractivity contribution < 1.29 is 14.1 Å². The van der Waals surface area contributed by atoms with Gasteiger partial charge in [0.1, 0.15) is 4.92 Å². The number of hydrogen-bond donors (Lipinski definition) is 1. The highest BCUT2D eigenvalue weighted by atomic mass is 16.6. The Labute approximate surface area is 113 Å². The first kappa shape index (κ1) is 12.2. The van der Waals surface area contributed by atoms with Gasteiger partial charge in [-0.15, -0.1) is 0 Å². The van der Waals surface area contributed by atoms with E-state index in [9.17, 15) is 14.9 Å². The number of nitro groups is 1. The highest BCUT2D eigenvalue weighted by Gasteiger charge is 2.21. The first-order chi connectivity index (χ1) is 9.58. The van der Waals surface area contributed by atoms with Gasteiger partial charge in [0.05, 0.1) is 11.6 Å². The fourth-order valence-electron chi connectivity index (χ4n) is 2.23. The molecule has 0 fully saturated rings. The molecule has 3 rings (SSSR count). The van der Waals surface area contributed by atoms with Crippen LogP contribution in [0.5, 0.6) is 0 Å². The number of aromatic amines is 1. The summed E-state index contributed by atoms with van der Waals surface area (Å²) >= 11 is 0. The minimum Gasteiger partial charge on any atom is -0.397 e. The molecule has 100 valence electrons. The van der Waals surface area contributed by atoms with Crippen molar-refractivity contribution >= 4 is 22.6 Å². The first-order valence-corrected chi connectivity index (χ1v) is 5.93. The van der Waals surface area contributed by atoms with Gasteiger partial charge in [-0.2, -0.15) is 0 Å². The van der Waals surface area contributed by atoms with Crippen molar-refractivity contribution in [3.05, 3.63) is 63.5 Å². The van der Waals surface area contributed by atoms with E-state index in [1.807, 2.05) is 25.1 Å². The minimum atomic E-state index is -0.669. The monoisotopic (exact) mass is 270 g/mol. The quantitative estimate of drug-likeness (QED) is 0.449. The molecule has 0 bridgehead atoms. The standard InChI is InChI=1S/C14H10N2O4/c1-8-3-2-4-10-13(8)9(7-15-10)14(17)11-5-6-12(20-11)16(18)19/h2-7,15H,1H3. The lowest BCUT2D eigenvalue weighted by Crippen LogP contribution is -1.99. The van der Waals surface area contributed by atoms with E-state index in [-0.39, 0.29) is 11.5 Å². The molecule has 0 radical (unpaired) electrons. The van der Waals surface area contributed by atoms with Gasteiger partial charge in [-0.3, -0.25) is 14.9 Å². The van der Waals surface area contributed by atoms with Crippen LogP contribution in [0.15, 0.2) is 40.9 Å². The van der Waals surface area contributed by atoms with Crippen molar-refractivity contribution in [3.8, 4) is 0 Å². The number of carbonyl (C=O) groups is 1. The van der Waals surface area contributed by atoms with Crippen LogP contribution in [0.4, 0.5) is 5.88 Å². The van der Waals surface area contributed by atoms with Gasteiger partial charge < -0.3 is 9.40 Å². The van der Waals surface area contributed by atoms with Crippen LogP contribution in [0.3, 0.4) is 0 Å². The number of ketones is 1. The number of nitrogens with one attached hydrogen (secondary N) is 1. The van der Waals surface area contributed by atoms with E-state index in [1.54, 1.807) is 6.20 Å². The molecule has 1 aromatic carbocycles. The van der Waals surface area contributed by atoms with Gasteiger partial charge in [-0.1, -0.05) is 12.1 Å². The van der Waals surface area contributed by atoms with Crippen molar-refractivity contribution in [1.82, 2.24) is 4.98 Å². The smallest absolute Gasteiger partial charge is 0.397 e. The summed E-state index contributed by atoms with van der Waals surface area (Å²) in [6.45, 7) is 1.90. The van der Waals surface area contributed by atoms with Crippen molar-refractivity contribution in [2.45, 2.75) is 6.92 Å². The van der Waals surface area contributed by atoms with Crippen LogP contribution in [0.25, 0.3) is 10.9 Å². The molecule has 6 heteroatoms. The zero-order valence-electron chi connectivity index (χ0n) is 10.5. The summed E-state index contributed by atoms with van der Waals surface area (Å²) in [6.07, 6.45) is 1.59. The van der Waals surface area contributed by atoms with Gasteiger partial charge in [0.15, 0.2) is 5.76 Å². The Morgan fingerprint density at radius 1 is 1.30 bits per heavy atom. The third-order valence-corrected chi connectivity index (χ3v) is 3.15. The van der Waals surface area contributed by atoms with Gasteiger partial charge >= 0.3 is 5.88 Å². The summed E-state index contributed by atoms with van der Waals surface area (Å²) in [5.74, 6) is -0.857. The zero-order valence-corrected chi connectivity index (χ0v) is 10.5. The van der Waals surface area contributed by atoms with Gasteiger partial charge in [0, 0.05) is 17.1 Å². The van der Waals surface area contributed by atoms with Crippen molar-refractivity contribution in [2.24, 2.45) is 0 Å². The van der Waals surface area contributed by atoms with Crippen molar-refractivity contribution in [1.29, 1.82) is 0 Å². The third kappa shape index (κ3) is 1.78. The molecule has 0 spiro atoms. The SMILES string of the molecule is Cc1cccc2[nH]cc(C(=O)c3ccc([N+](=O)[O-])o3)c12. The minimum absolute atomic E-state index is 0.0409. The Morgan fingerprint density at radius 3 is 2.80 bits per heavy atom. The second-order valence-corrected chi connectivity index (χ2v) is 4.42. The molecule has 0 aliphatic carbocycles. The number of H-pyrrole nitrogens is 1. The molecule has 0 unspecified atom stereocenters. The maximum Gasteiger partial charge on any atom is 0.433 e. The molecule has 0 aliphatic heterocycles. The summed E-state index contributed by atoms with van der Waals surface area (Å²) < 4.78 is 4.96. The first-order valence-electron chi connectivity index (χ1n) is 5.93. The largest absolute Gasteiger partial charge is 0.433 e. The van der Waals surface area contributed by atoms with Crippen LogP contribution < -0.4 is 0 Å². The van der Waals surface area contributed by atoms with Crippen molar-refractivity contribution in [2.75, 3.05) is 0 Å². The van der Waals surface area contributed by atoms with Crippen molar-refractivity contribution in [3.63, 3.8) is 0 Å². The highest BCUT2D eigenvalue weighted by molar-refractivity contribution is 6.15. The average Bonchev–Trinajstić information content (AvgIpc) is 3.05. The predicted molar refractivity (Wildman–Crippen MR) is 71.8 cm³/mol. The number of carbonyl (C=O) groups excluding carboxylic acids is 1. The van der Waals surface area contributed by atoms with E-state index in [0.717, 1.165) is 16.5 Å². The lowest BCUT2D eigenvalue weighted by atomic mass is 10.0. The van der Waals surface area contributed by atoms with Crippen LogP contribution in [0.1, 0.15) is 21.7 Å². The number of benzene rings is 1. The maximum absolute atomic E-state index is 12.4. The van der Waals surface area contributed by atoms with Gasteiger partial charge in [-0.05, 0) is 24.6 Å². The molecule has 0 atom stereocenters. The third-order valence-electron chi connectivity index (χ3n) is 3.15. The fourth-order valence-corrected chi connectivity index (χ4v) is 2.23. The van der Waals surface area contributed by atoms with Gasteiger partial charge in [0.2, 0.25) is 5.78 Å². The number of fused-ring (bicyclic) bond motifs is 1. The number of furan rings is 1. The molecular formula is C14H10N2O4. The number of rotatable bonds is 3. The molecule has 0 amide bonds. The second kappa shape index (κ2) is 4.34. The van der Waals surface area contributed by atoms with Gasteiger partial charge in [0.25, 0.3) is 0 Å². The second-order valence-electron chi connectivity index (χ2n) is 4.42. The molecule has 20 heavy (non-hydrogen) atoms. The Morgan fingerprint density at radius 2 is 2.10 bits per heavy atom. The van der Waals surface area contributed by atoms with Crippen LogP contribution in [0.2, 0.25) is 0 Å². The van der Waals surface area contributed by atoms with E-state index >= 15 is 0 Å². The lowest BCUT2D eigenvalue weighted by molar-refractivity contribution is -0.402. The molecule has 3 aromatic rings. The Kier molecular flexibility index (Phi) is 2.64. The van der Waals surface area contributed by atoms with Crippen LogP contribution in [0, 0.1) is 17.0 Å². The summed E-state index contributed by atoms with van der Waals surface area (Å²) in [5, 5.41) is 11.4. The molecule has 0 saturated carbocycles. The molecular weight excluding hydrogens is 260 g/mol. The van der Waals surface area contributed by atoms with Crippen LogP contribution in [-0.4, -0.2) is 15.7 Å².